The summed E-state index contributed by atoms with van der Waals surface area (Å²) in [6, 6.07) is 9.57. The number of hydrogen-bond acceptors (Lipinski definition) is 2. The van der Waals surface area contributed by atoms with E-state index in [4.69, 9.17) is 0 Å². The molecule has 1 aliphatic rings. The topological polar surface area (TPSA) is 15.3 Å². The molecule has 1 heterocycles. The second-order valence-electron chi connectivity index (χ2n) is 5.91. The number of piperidine rings is 1. The maximum Gasteiger partial charge on any atom is 0.0369 e. The first-order valence-electron chi connectivity index (χ1n) is 7.78. The summed E-state index contributed by atoms with van der Waals surface area (Å²) in [5, 5.41) is 3.71. The summed E-state index contributed by atoms with van der Waals surface area (Å²) in [5.74, 6) is 0.823. The van der Waals surface area contributed by atoms with E-state index in [1.165, 1.54) is 37.1 Å². The molecule has 1 aromatic carbocycles. The zero-order valence-corrected chi connectivity index (χ0v) is 12.7. The fourth-order valence-corrected chi connectivity index (χ4v) is 3.03. The van der Waals surface area contributed by atoms with E-state index in [9.17, 15) is 0 Å². The lowest BCUT2D eigenvalue weighted by Gasteiger charge is -2.39. The fraction of sp³-hybridized carbons (Fsp3) is 0.647. The number of rotatable bonds is 5. The summed E-state index contributed by atoms with van der Waals surface area (Å²) in [7, 11) is 0. The fourth-order valence-electron chi connectivity index (χ4n) is 3.03. The molecule has 0 bridgehead atoms. The van der Waals surface area contributed by atoms with Gasteiger partial charge in [0.25, 0.3) is 0 Å². The second-order valence-corrected chi connectivity index (χ2v) is 5.91. The molecule has 0 amide bonds. The van der Waals surface area contributed by atoms with Crippen LogP contribution in [0, 0.1) is 12.8 Å². The Morgan fingerprint density at radius 3 is 2.79 bits per heavy atom. The van der Waals surface area contributed by atoms with E-state index in [0.717, 1.165) is 19.0 Å². The lowest BCUT2D eigenvalue weighted by molar-refractivity contribution is 0.327. The zero-order valence-electron chi connectivity index (χ0n) is 12.7. The van der Waals surface area contributed by atoms with E-state index >= 15 is 0 Å². The Labute approximate surface area is 118 Å². The van der Waals surface area contributed by atoms with Crippen LogP contribution in [0.5, 0.6) is 0 Å². The molecule has 106 valence electrons. The van der Waals surface area contributed by atoms with Gasteiger partial charge in [-0.3, -0.25) is 0 Å². The van der Waals surface area contributed by atoms with Gasteiger partial charge in [0.2, 0.25) is 0 Å². The van der Waals surface area contributed by atoms with Gasteiger partial charge in [-0.2, -0.15) is 0 Å². The van der Waals surface area contributed by atoms with Crippen molar-refractivity contribution in [2.75, 3.05) is 24.5 Å². The Hall–Kier alpha value is -1.02. The lowest BCUT2D eigenvalue weighted by atomic mass is 9.91. The molecule has 0 radical (unpaired) electrons. The van der Waals surface area contributed by atoms with Crippen LogP contribution in [0.1, 0.15) is 38.7 Å². The van der Waals surface area contributed by atoms with Gasteiger partial charge >= 0.3 is 0 Å². The van der Waals surface area contributed by atoms with Crippen molar-refractivity contribution in [3.8, 4) is 0 Å². The van der Waals surface area contributed by atoms with Gasteiger partial charge in [-0.15, -0.1) is 0 Å². The molecule has 2 rings (SSSR count). The Morgan fingerprint density at radius 2 is 2.11 bits per heavy atom. The normalized spacial score (nSPS) is 23.6. The van der Waals surface area contributed by atoms with Crippen molar-refractivity contribution >= 4 is 5.69 Å². The maximum atomic E-state index is 3.71. The van der Waals surface area contributed by atoms with Crippen LogP contribution in [0.2, 0.25) is 0 Å². The molecule has 0 aromatic heterocycles. The number of aryl methyl sites for hydroxylation is 1. The highest BCUT2D eigenvalue weighted by molar-refractivity contribution is 5.49. The van der Waals surface area contributed by atoms with Gasteiger partial charge in [0, 0.05) is 24.8 Å². The number of anilines is 1. The lowest BCUT2D eigenvalue weighted by Crippen LogP contribution is -2.49. The first kappa shape index (κ1) is 14.4. The predicted octanol–water partition coefficient (Wildman–Crippen LogP) is 3.60. The van der Waals surface area contributed by atoms with Crippen LogP contribution in [0.4, 0.5) is 5.69 Å². The zero-order chi connectivity index (χ0) is 13.7. The van der Waals surface area contributed by atoms with Crippen LogP contribution in [0.15, 0.2) is 24.3 Å². The molecule has 2 heteroatoms. The average molecular weight is 260 g/mol. The first-order valence-corrected chi connectivity index (χ1v) is 7.78. The summed E-state index contributed by atoms with van der Waals surface area (Å²) in [6.45, 7) is 10.2. The van der Waals surface area contributed by atoms with E-state index in [1.54, 1.807) is 0 Å². The second kappa shape index (κ2) is 6.95. The summed E-state index contributed by atoms with van der Waals surface area (Å²) >= 11 is 0. The van der Waals surface area contributed by atoms with Gasteiger partial charge in [0.15, 0.2) is 0 Å². The number of benzene rings is 1. The van der Waals surface area contributed by atoms with Crippen LogP contribution in [0.25, 0.3) is 0 Å². The van der Waals surface area contributed by atoms with E-state index in [0.29, 0.717) is 6.04 Å². The molecule has 19 heavy (non-hydrogen) atoms. The minimum absolute atomic E-state index is 0.652. The van der Waals surface area contributed by atoms with Crippen LogP contribution >= 0.6 is 0 Å². The number of nitrogens with one attached hydrogen (secondary N) is 1. The van der Waals surface area contributed by atoms with Crippen molar-refractivity contribution in [3.05, 3.63) is 29.8 Å². The minimum atomic E-state index is 0.652. The van der Waals surface area contributed by atoms with Gasteiger partial charge in [-0.05, 0) is 49.9 Å². The molecule has 2 atom stereocenters. The smallest absolute Gasteiger partial charge is 0.0369 e. The Bertz CT molecular complexity index is 389. The van der Waals surface area contributed by atoms with Crippen LogP contribution in [0.3, 0.4) is 0 Å². The van der Waals surface area contributed by atoms with Crippen molar-refractivity contribution in [3.63, 3.8) is 0 Å². The summed E-state index contributed by atoms with van der Waals surface area (Å²) < 4.78 is 0. The monoisotopic (exact) mass is 260 g/mol. The molecule has 1 N–H and O–H groups in total. The number of nitrogens with zero attached hydrogens (tertiary/aromatic N) is 1. The van der Waals surface area contributed by atoms with Gasteiger partial charge in [0.1, 0.15) is 0 Å². The Kier molecular flexibility index (Phi) is 5.26. The van der Waals surface area contributed by atoms with Gasteiger partial charge in [0.05, 0.1) is 0 Å². The minimum Gasteiger partial charge on any atom is -0.370 e. The molecule has 0 spiro atoms. The first-order chi connectivity index (χ1) is 9.22. The largest absolute Gasteiger partial charge is 0.370 e. The quantitative estimate of drug-likeness (QED) is 0.870. The highest BCUT2D eigenvalue weighted by Crippen LogP contribution is 2.25. The predicted molar refractivity (Wildman–Crippen MR) is 83.9 cm³/mol. The van der Waals surface area contributed by atoms with Crippen molar-refractivity contribution in [1.82, 2.24) is 5.32 Å². The molecular formula is C17H28N2. The summed E-state index contributed by atoms with van der Waals surface area (Å²) in [5.41, 5.74) is 2.75. The van der Waals surface area contributed by atoms with E-state index in [2.05, 4.69) is 55.3 Å². The summed E-state index contributed by atoms with van der Waals surface area (Å²) in [4.78, 5) is 2.57. The molecule has 0 saturated carbocycles. The third-order valence-electron chi connectivity index (χ3n) is 4.16. The molecular weight excluding hydrogens is 232 g/mol. The van der Waals surface area contributed by atoms with Crippen molar-refractivity contribution in [2.24, 2.45) is 5.92 Å². The molecule has 0 aliphatic carbocycles. The van der Waals surface area contributed by atoms with Crippen LogP contribution < -0.4 is 10.2 Å². The van der Waals surface area contributed by atoms with Crippen molar-refractivity contribution < 1.29 is 0 Å². The third-order valence-corrected chi connectivity index (χ3v) is 4.16. The SMILES string of the molecule is CCCNC1CC(CC)CN(c2cccc(C)c2)C1. The summed E-state index contributed by atoms with van der Waals surface area (Å²) in [6.07, 6.45) is 3.84. The van der Waals surface area contributed by atoms with E-state index in [-0.39, 0.29) is 0 Å². The average Bonchev–Trinajstić information content (AvgIpc) is 2.44. The third kappa shape index (κ3) is 3.97. The highest BCUT2D eigenvalue weighted by Gasteiger charge is 2.25. The van der Waals surface area contributed by atoms with Crippen LogP contribution in [-0.4, -0.2) is 25.7 Å². The maximum absolute atomic E-state index is 3.71. The van der Waals surface area contributed by atoms with Gasteiger partial charge in [-0.1, -0.05) is 32.4 Å². The molecule has 2 nitrogen and oxygen atoms in total. The Morgan fingerprint density at radius 1 is 1.26 bits per heavy atom. The van der Waals surface area contributed by atoms with Crippen molar-refractivity contribution in [2.45, 2.75) is 46.1 Å². The van der Waals surface area contributed by atoms with Gasteiger partial charge < -0.3 is 10.2 Å². The van der Waals surface area contributed by atoms with Crippen molar-refractivity contribution in [1.29, 1.82) is 0 Å². The standard InChI is InChI=1S/C17H28N2/c1-4-9-18-16-11-15(5-2)12-19(13-16)17-8-6-7-14(3)10-17/h6-8,10,15-16,18H,4-5,9,11-13H2,1-3H3. The molecule has 1 aromatic rings. The molecule has 1 saturated heterocycles. The molecule has 1 fully saturated rings. The van der Waals surface area contributed by atoms with E-state index < -0.39 is 0 Å². The van der Waals surface area contributed by atoms with E-state index in [1.807, 2.05) is 0 Å². The van der Waals surface area contributed by atoms with Gasteiger partial charge in [-0.25, -0.2) is 0 Å². The molecule has 2 unspecified atom stereocenters. The molecule has 1 aliphatic heterocycles. The number of hydrogen-bond donors (Lipinski definition) is 1. The van der Waals surface area contributed by atoms with Crippen LogP contribution in [-0.2, 0) is 0 Å². The Balaban J connectivity index is 2.06. The highest BCUT2D eigenvalue weighted by atomic mass is 15.2.